The summed E-state index contributed by atoms with van der Waals surface area (Å²) in [6.07, 6.45) is 3.93. The first-order valence-electron chi connectivity index (χ1n) is 14.6. The molecule has 6 heteroatoms. The van der Waals surface area contributed by atoms with Gasteiger partial charge in [0.15, 0.2) is 17.3 Å². The number of methoxy groups -OCH3 is 1. The molecule has 0 radical (unpaired) electrons. The Labute approximate surface area is 250 Å². The molecule has 1 saturated heterocycles. The first-order valence-corrected chi connectivity index (χ1v) is 14.6. The first kappa shape index (κ1) is 26.9. The van der Waals surface area contributed by atoms with Crippen LogP contribution in [0.25, 0.3) is 6.08 Å². The van der Waals surface area contributed by atoms with Crippen LogP contribution in [0.15, 0.2) is 97.1 Å². The summed E-state index contributed by atoms with van der Waals surface area (Å²) in [7, 11) is 1.56. The van der Waals surface area contributed by atoms with Crippen molar-refractivity contribution in [2.24, 2.45) is 5.41 Å². The molecule has 2 aliphatic heterocycles. The predicted molar refractivity (Wildman–Crippen MR) is 165 cm³/mol. The van der Waals surface area contributed by atoms with E-state index in [9.17, 15) is 14.4 Å². The smallest absolute Gasteiger partial charge is 0.186 e. The summed E-state index contributed by atoms with van der Waals surface area (Å²) in [4.78, 5) is 46.7. The number of carbonyl (C=O) groups is 3. The summed E-state index contributed by atoms with van der Waals surface area (Å²) in [6, 6.07) is 26.0. The summed E-state index contributed by atoms with van der Waals surface area (Å²) < 4.78 is 11.6. The van der Waals surface area contributed by atoms with E-state index in [1.807, 2.05) is 67.3 Å². The lowest BCUT2D eigenvalue weighted by Crippen LogP contribution is -2.48. The monoisotopic (exact) mass is 569 g/mol. The molecule has 7 rings (SSSR count). The molecule has 1 unspecified atom stereocenters. The van der Waals surface area contributed by atoms with Gasteiger partial charge in [0.1, 0.15) is 23.0 Å². The van der Waals surface area contributed by atoms with Gasteiger partial charge in [0.2, 0.25) is 0 Å². The lowest BCUT2D eigenvalue weighted by atomic mass is 9.64. The molecule has 1 spiro atoms. The van der Waals surface area contributed by atoms with Crippen LogP contribution in [0.5, 0.6) is 11.5 Å². The molecule has 3 atom stereocenters. The SMILES string of the molecule is CCOc1ccccc1[C@H]1[C@H](C(=O)c2cccc(OC)c2)N2c3ccc(C)cc3C=CC2C12C(=O)c1ccccc1C2=O. The molecule has 4 aromatic rings. The molecule has 2 heterocycles. The molecule has 214 valence electrons. The lowest BCUT2D eigenvalue weighted by Gasteiger charge is -2.37. The normalized spacial score (nSPS) is 21.0. The summed E-state index contributed by atoms with van der Waals surface area (Å²) in [6.45, 7) is 4.31. The van der Waals surface area contributed by atoms with Gasteiger partial charge in [-0.2, -0.15) is 0 Å². The standard InChI is InChI=1S/C37H31NO5/c1-4-43-30-15-8-7-14-28(30)32-33(34(39)24-10-9-11-25(21-24)42-3)38-29-18-16-22(2)20-23(29)17-19-31(38)37(32)35(40)26-12-5-6-13-27(26)36(37)41/h5-21,31-33H,4H2,1-3H3/t31?,32-,33+/m0/s1. The Morgan fingerprint density at radius 3 is 2.33 bits per heavy atom. The highest BCUT2D eigenvalue weighted by Crippen LogP contribution is 2.62. The summed E-state index contributed by atoms with van der Waals surface area (Å²) in [5, 5.41) is 0. The summed E-state index contributed by atoms with van der Waals surface area (Å²) in [5.74, 6) is -0.460. The highest BCUT2D eigenvalue weighted by molar-refractivity contribution is 6.32. The van der Waals surface area contributed by atoms with Crippen LogP contribution in [0.1, 0.15) is 60.6 Å². The summed E-state index contributed by atoms with van der Waals surface area (Å²) in [5.41, 5.74) is 3.12. The van der Waals surface area contributed by atoms with Crippen molar-refractivity contribution >= 4 is 29.1 Å². The second-order valence-electron chi connectivity index (χ2n) is 11.3. The highest BCUT2D eigenvalue weighted by Gasteiger charge is 2.72. The van der Waals surface area contributed by atoms with Crippen LogP contribution in [-0.2, 0) is 0 Å². The van der Waals surface area contributed by atoms with Crippen molar-refractivity contribution in [2.45, 2.75) is 31.8 Å². The Morgan fingerprint density at radius 2 is 1.60 bits per heavy atom. The molecule has 0 amide bonds. The number of ketones is 3. The number of para-hydroxylation sites is 1. The van der Waals surface area contributed by atoms with Gasteiger partial charge in [-0.25, -0.2) is 0 Å². The maximum absolute atomic E-state index is 14.9. The van der Waals surface area contributed by atoms with Crippen LogP contribution in [0.4, 0.5) is 5.69 Å². The molecule has 0 N–H and O–H groups in total. The number of hydrogen-bond acceptors (Lipinski definition) is 6. The molecule has 1 aliphatic carbocycles. The third kappa shape index (κ3) is 3.75. The molecule has 3 aliphatic rings. The van der Waals surface area contributed by atoms with Crippen molar-refractivity contribution in [3.05, 3.63) is 130 Å². The number of aryl methyl sites for hydroxylation is 1. The molecule has 0 aromatic heterocycles. The predicted octanol–water partition coefficient (Wildman–Crippen LogP) is 6.72. The fraction of sp³-hybridized carbons (Fsp3) is 0.216. The zero-order chi connectivity index (χ0) is 29.9. The van der Waals surface area contributed by atoms with Crippen molar-refractivity contribution in [1.82, 2.24) is 0 Å². The van der Waals surface area contributed by atoms with E-state index in [-0.39, 0.29) is 17.3 Å². The van der Waals surface area contributed by atoms with Gasteiger partial charge < -0.3 is 14.4 Å². The van der Waals surface area contributed by atoms with Crippen molar-refractivity contribution in [1.29, 1.82) is 0 Å². The van der Waals surface area contributed by atoms with Gasteiger partial charge >= 0.3 is 0 Å². The van der Waals surface area contributed by atoms with Crippen molar-refractivity contribution in [2.75, 3.05) is 18.6 Å². The van der Waals surface area contributed by atoms with Crippen LogP contribution in [0.2, 0.25) is 0 Å². The van der Waals surface area contributed by atoms with E-state index in [0.29, 0.717) is 40.4 Å². The Morgan fingerprint density at radius 1 is 0.884 bits per heavy atom. The van der Waals surface area contributed by atoms with E-state index < -0.39 is 23.4 Å². The van der Waals surface area contributed by atoms with E-state index >= 15 is 0 Å². The molecule has 4 aromatic carbocycles. The highest BCUT2D eigenvalue weighted by atomic mass is 16.5. The number of benzene rings is 4. The van der Waals surface area contributed by atoms with Gasteiger partial charge in [-0.1, -0.05) is 78.4 Å². The zero-order valence-corrected chi connectivity index (χ0v) is 24.2. The second-order valence-corrected chi connectivity index (χ2v) is 11.3. The van der Waals surface area contributed by atoms with Crippen LogP contribution in [-0.4, -0.2) is 43.2 Å². The Bertz CT molecular complexity index is 1800. The van der Waals surface area contributed by atoms with Gasteiger partial charge in [-0.3, -0.25) is 14.4 Å². The number of hydrogen-bond donors (Lipinski definition) is 0. The average Bonchev–Trinajstić information content (AvgIpc) is 3.47. The van der Waals surface area contributed by atoms with Gasteiger partial charge in [-0.05, 0) is 49.7 Å². The topological polar surface area (TPSA) is 72.9 Å². The molecule has 0 saturated carbocycles. The van der Waals surface area contributed by atoms with Crippen LogP contribution in [0, 0.1) is 12.3 Å². The third-order valence-corrected chi connectivity index (χ3v) is 9.14. The van der Waals surface area contributed by atoms with Crippen LogP contribution >= 0.6 is 0 Å². The molecule has 6 nitrogen and oxygen atoms in total. The fourth-order valence-corrected chi connectivity index (χ4v) is 7.41. The van der Waals surface area contributed by atoms with E-state index in [0.717, 1.165) is 16.8 Å². The maximum atomic E-state index is 14.9. The number of rotatable bonds is 6. The summed E-state index contributed by atoms with van der Waals surface area (Å²) >= 11 is 0. The van der Waals surface area contributed by atoms with Crippen molar-refractivity contribution in [3.63, 3.8) is 0 Å². The average molecular weight is 570 g/mol. The molecular weight excluding hydrogens is 538 g/mol. The maximum Gasteiger partial charge on any atom is 0.186 e. The Hall–Kier alpha value is -4.97. The Balaban J connectivity index is 1.56. The minimum Gasteiger partial charge on any atom is -0.497 e. The minimum atomic E-state index is -1.59. The number of nitrogens with zero attached hydrogens (tertiary/aromatic N) is 1. The molecular formula is C37H31NO5. The number of anilines is 1. The number of fused-ring (bicyclic) bond motifs is 5. The van der Waals surface area contributed by atoms with Crippen LogP contribution < -0.4 is 14.4 Å². The van der Waals surface area contributed by atoms with Crippen molar-refractivity contribution < 1.29 is 23.9 Å². The minimum absolute atomic E-state index is 0.199. The van der Waals surface area contributed by atoms with Crippen LogP contribution in [0.3, 0.4) is 0 Å². The zero-order valence-electron chi connectivity index (χ0n) is 24.2. The van der Waals surface area contributed by atoms with E-state index in [1.54, 1.807) is 55.6 Å². The van der Waals surface area contributed by atoms with Gasteiger partial charge in [0, 0.05) is 33.9 Å². The lowest BCUT2D eigenvalue weighted by molar-refractivity contribution is 0.0664. The van der Waals surface area contributed by atoms with E-state index in [2.05, 4.69) is 6.07 Å². The fourth-order valence-electron chi connectivity index (χ4n) is 7.41. The molecule has 1 fully saturated rings. The van der Waals surface area contributed by atoms with Crippen molar-refractivity contribution in [3.8, 4) is 11.5 Å². The first-order chi connectivity index (χ1) is 20.9. The number of ether oxygens (including phenoxy) is 2. The Kier molecular flexibility index (Phi) is 6.31. The third-order valence-electron chi connectivity index (χ3n) is 9.14. The van der Waals surface area contributed by atoms with Gasteiger partial charge in [0.05, 0.1) is 19.8 Å². The number of carbonyl (C=O) groups excluding carboxylic acids is 3. The quantitative estimate of drug-likeness (QED) is 0.190. The molecule has 43 heavy (non-hydrogen) atoms. The second kappa shape index (κ2) is 10.1. The molecule has 0 bridgehead atoms. The van der Waals surface area contributed by atoms with E-state index in [4.69, 9.17) is 9.47 Å². The van der Waals surface area contributed by atoms with Gasteiger partial charge in [-0.15, -0.1) is 0 Å². The van der Waals surface area contributed by atoms with E-state index in [1.165, 1.54) is 0 Å². The number of Topliss-reactive ketones (excluding diaryl/α,β-unsaturated/α-hetero) is 3. The van der Waals surface area contributed by atoms with Gasteiger partial charge in [0.25, 0.3) is 0 Å². The largest absolute Gasteiger partial charge is 0.497 e.